The third kappa shape index (κ3) is 2.65. The van der Waals surface area contributed by atoms with E-state index in [9.17, 15) is 12.8 Å². The second-order valence-electron chi connectivity index (χ2n) is 5.26. The molecule has 1 aromatic rings. The van der Waals surface area contributed by atoms with E-state index in [0.29, 0.717) is 0 Å². The lowest BCUT2D eigenvalue weighted by Gasteiger charge is -2.33. The van der Waals surface area contributed by atoms with Crippen LogP contribution in [-0.4, -0.2) is 45.1 Å². The molecule has 0 amide bonds. The monoisotopic (exact) mass is 300 g/mol. The maximum Gasteiger partial charge on any atom is 0.279 e. The van der Waals surface area contributed by atoms with E-state index in [-0.39, 0.29) is 25.0 Å². The minimum absolute atomic E-state index is 0.0358. The molecule has 3 rings (SSSR count). The number of rotatable bonds is 5. The molecule has 1 aromatic carbocycles. The fraction of sp³-hybridized carbons (Fsp3) is 0.538. The quantitative estimate of drug-likeness (QED) is 0.884. The molecule has 2 fully saturated rings. The van der Waals surface area contributed by atoms with Gasteiger partial charge in [-0.3, -0.25) is 0 Å². The van der Waals surface area contributed by atoms with Crippen molar-refractivity contribution in [3.8, 4) is 5.75 Å². The van der Waals surface area contributed by atoms with Crippen molar-refractivity contribution < 1.29 is 17.5 Å². The highest BCUT2D eigenvalue weighted by Crippen LogP contribution is 2.42. The molecule has 1 saturated carbocycles. The third-order valence-corrected chi connectivity index (χ3v) is 5.33. The van der Waals surface area contributed by atoms with Gasteiger partial charge in [0, 0.05) is 25.0 Å². The van der Waals surface area contributed by atoms with Crippen LogP contribution in [0.1, 0.15) is 17.9 Å². The number of methoxy groups -OCH3 is 1. The van der Waals surface area contributed by atoms with Crippen LogP contribution >= 0.6 is 0 Å². The molecule has 1 saturated heterocycles. The molecule has 1 aliphatic carbocycles. The summed E-state index contributed by atoms with van der Waals surface area (Å²) in [5.74, 6) is 0.932. The molecule has 7 heteroatoms. The molecule has 110 valence electrons. The molecule has 5 nitrogen and oxygen atoms in total. The molecule has 1 aliphatic heterocycles. The fourth-order valence-electron chi connectivity index (χ4n) is 2.42. The Bertz CT molecular complexity index is 601. The van der Waals surface area contributed by atoms with Gasteiger partial charge in [-0.1, -0.05) is 12.1 Å². The lowest BCUT2D eigenvalue weighted by molar-refractivity contribution is 0.140. The summed E-state index contributed by atoms with van der Waals surface area (Å²) in [5, 5.41) is 0. The van der Waals surface area contributed by atoms with Crippen LogP contribution in [0, 0.1) is 0 Å². The summed E-state index contributed by atoms with van der Waals surface area (Å²) >= 11 is 0. The van der Waals surface area contributed by atoms with Crippen LogP contribution in [-0.2, 0) is 10.2 Å². The molecular formula is C13H17FN2O3S. The van der Waals surface area contributed by atoms with Crippen molar-refractivity contribution in [2.75, 3.05) is 20.2 Å². The molecule has 0 radical (unpaired) electrons. The van der Waals surface area contributed by atoms with Gasteiger partial charge < -0.3 is 4.74 Å². The van der Waals surface area contributed by atoms with Crippen LogP contribution in [0.2, 0.25) is 0 Å². The van der Waals surface area contributed by atoms with Gasteiger partial charge in [0.15, 0.2) is 0 Å². The van der Waals surface area contributed by atoms with Gasteiger partial charge in [-0.25, -0.2) is 4.39 Å². The van der Waals surface area contributed by atoms with Gasteiger partial charge >= 0.3 is 0 Å². The van der Waals surface area contributed by atoms with E-state index in [1.54, 1.807) is 7.11 Å². The van der Waals surface area contributed by atoms with Crippen molar-refractivity contribution >= 4 is 10.2 Å². The first-order valence-electron chi connectivity index (χ1n) is 6.55. The molecule has 0 unspecified atom stereocenters. The molecule has 1 N–H and O–H groups in total. The van der Waals surface area contributed by atoms with Crippen molar-refractivity contribution in [2.45, 2.75) is 24.6 Å². The Morgan fingerprint density at radius 3 is 2.80 bits per heavy atom. The van der Waals surface area contributed by atoms with Gasteiger partial charge in [0.2, 0.25) is 0 Å². The van der Waals surface area contributed by atoms with Gasteiger partial charge in [-0.05, 0) is 24.1 Å². The van der Waals surface area contributed by atoms with Crippen molar-refractivity contribution in [2.24, 2.45) is 0 Å². The summed E-state index contributed by atoms with van der Waals surface area (Å²) in [6.07, 6.45) is -0.265. The minimum atomic E-state index is -3.54. The first-order valence-corrected chi connectivity index (χ1v) is 7.99. The Hall–Kier alpha value is -1.18. The van der Waals surface area contributed by atoms with Crippen LogP contribution in [0.25, 0.3) is 0 Å². The molecule has 0 bridgehead atoms. The highest BCUT2D eigenvalue weighted by molar-refractivity contribution is 7.87. The second kappa shape index (κ2) is 4.98. The predicted octanol–water partition coefficient (Wildman–Crippen LogP) is 1.04. The smallest absolute Gasteiger partial charge is 0.279 e. The summed E-state index contributed by atoms with van der Waals surface area (Å²) in [5.41, 5.74) is 1.06. The topological polar surface area (TPSA) is 58.6 Å². The Kier molecular flexibility index (Phi) is 3.43. The van der Waals surface area contributed by atoms with Crippen LogP contribution in [0.15, 0.2) is 24.3 Å². The third-order valence-electron chi connectivity index (χ3n) is 3.76. The Morgan fingerprint density at radius 1 is 1.40 bits per heavy atom. The van der Waals surface area contributed by atoms with E-state index < -0.39 is 16.4 Å². The van der Waals surface area contributed by atoms with Gasteiger partial charge in [0.05, 0.1) is 7.11 Å². The highest BCUT2D eigenvalue weighted by Gasteiger charge is 2.44. The van der Waals surface area contributed by atoms with Crippen molar-refractivity contribution in [1.82, 2.24) is 9.03 Å². The number of nitrogens with one attached hydrogen (secondary N) is 1. The second-order valence-corrected chi connectivity index (χ2v) is 6.96. The molecule has 2 aliphatic rings. The van der Waals surface area contributed by atoms with Gasteiger partial charge in [0.1, 0.15) is 11.9 Å². The largest absolute Gasteiger partial charge is 0.497 e. The number of hydrogen-bond acceptors (Lipinski definition) is 3. The van der Waals surface area contributed by atoms with E-state index in [0.717, 1.165) is 22.0 Å². The zero-order valence-electron chi connectivity index (χ0n) is 11.1. The fourth-order valence-corrected chi connectivity index (χ4v) is 3.92. The molecule has 20 heavy (non-hydrogen) atoms. The van der Waals surface area contributed by atoms with E-state index in [2.05, 4.69) is 4.72 Å². The van der Waals surface area contributed by atoms with Crippen LogP contribution < -0.4 is 9.46 Å². The Balaban J connectivity index is 1.61. The highest BCUT2D eigenvalue weighted by atomic mass is 32.2. The maximum absolute atomic E-state index is 12.7. The summed E-state index contributed by atoms with van der Waals surface area (Å²) in [4.78, 5) is 0. The minimum Gasteiger partial charge on any atom is -0.497 e. The summed E-state index contributed by atoms with van der Waals surface area (Å²) in [7, 11) is -1.94. The molecule has 0 spiro atoms. The molecular weight excluding hydrogens is 283 g/mol. The standard InChI is InChI=1S/C13H17FN2O3S/c1-19-11-4-2-3-9(5-11)12-6-13(12)15-20(17,18)16-7-10(14)8-16/h2-5,10,12-13,15H,6-8H2,1H3/t12-,13+/m0/s1. The van der Waals surface area contributed by atoms with Crippen LogP contribution in [0.5, 0.6) is 5.75 Å². The summed E-state index contributed by atoms with van der Waals surface area (Å²) in [6.45, 7) is -0.0717. The number of nitrogens with zero attached hydrogens (tertiary/aromatic N) is 1. The average Bonchev–Trinajstić information content (AvgIpc) is 3.13. The first kappa shape index (κ1) is 13.8. The predicted molar refractivity (Wildman–Crippen MR) is 72.7 cm³/mol. The number of alkyl halides is 1. The van der Waals surface area contributed by atoms with Crippen LogP contribution in [0.3, 0.4) is 0 Å². The zero-order chi connectivity index (χ0) is 14.3. The number of ether oxygens (including phenoxy) is 1. The average molecular weight is 300 g/mol. The van der Waals surface area contributed by atoms with Crippen molar-refractivity contribution in [3.05, 3.63) is 29.8 Å². The van der Waals surface area contributed by atoms with E-state index in [4.69, 9.17) is 4.74 Å². The summed E-state index contributed by atoms with van der Waals surface area (Å²) in [6, 6.07) is 7.52. The van der Waals surface area contributed by atoms with E-state index in [1.165, 1.54) is 0 Å². The molecule has 2 atom stereocenters. The maximum atomic E-state index is 12.7. The number of benzene rings is 1. The van der Waals surface area contributed by atoms with Gasteiger partial charge in [0.25, 0.3) is 10.2 Å². The van der Waals surface area contributed by atoms with E-state index >= 15 is 0 Å². The Morgan fingerprint density at radius 2 is 2.15 bits per heavy atom. The Labute approximate surface area is 117 Å². The SMILES string of the molecule is COc1cccc([C@@H]2C[C@H]2NS(=O)(=O)N2CC(F)C2)c1. The lowest BCUT2D eigenvalue weighted by atomic mass is 10.1. The van der Waals surface area contributed by atoms with E-state index in [1.807, 2.05) is 24.3 Å². The van der Waals surface area contributed by atoms with Gasteiger partial charge in [-0.15, -0.1) is 0 Å². The lowest BCUT2D eigenvalue weighted by Crippen LogP contribution is -2.55. The van der Waals surface area contributed by atoms with Crippen molar-refractivity contribution in [3.63, 3.8) is 0 Å². The summed E-state index contributed by atoms with van der Waals surface area (Å²) < 4.78 is 45.5. The number of halogens is 1. The molecule has 0 aromatic heterocycles. The van der Waals surface area contributed by atoms with Crippen molar-refractivity contribution in [1.29, 1.82) is 0 Å². The first-order chi connectivity index (χ1) is 9.49. The number of hydrogen-bond donors (Lipinski definition) is 1. The normalized spacial score (nSPS) is 27.1. The van der Waals surface area contributed by atoms with Gasteiger partial charge in [-0.2, -0.15) is 17.4 Å². The zero-order valence-corrected chi connectivity index (χ0v) is 11.9. The molecule has 1 heterocycles. The van der Waals surface area contributed by atoms with Crippen LogP contribution in [0.4, 0.5) is 4.39 Å².